The SMILES string of the molecule is CCS(=O)(=O)N1CCN(CCNc2nc(N(C)C)nc3[nH]c(C)cc23)CC1. The lowest BCUT2D eigenvalue weighted by Crippen LogP contribution is -2.49. The van der Waals surface area contributed by atoms with Crippen LogP contribution in [0.5, 0.6) is 0 Å². The highest BCUT2D eigenvalue weighted by molar-refractivity contribution is 7.89. The molecule has 10 heteroatoms. The second-order valence-electron chi connectivity index (χ2n) is 7.05. The lowest BCUT2D eigenvalue weighted by molar-refractivity contribution is 0.194. The van der Waals surface area contributed by atoms with Crippen molar-refractivity contribution in [2.75, 3.05) is 69.3 Å². The summed E-state index contributed by atoms with van der Waals surface area (Å²) in [6.45, 7) is 7.92. The van der Waals surface area contributed by atoms with Crippen LogP contribution in [0.25, 0.3) is 11.0 Å². The highest BCUT2D eigenvalue weighted by Gasteiger charge is 2.25. The molecule has 1 aliphatic heterocycles. The maximum absolute atomic E-state index is 11.9. The van der Waals surface area contributed by atoms with Gasteiger partial charge in [-0.15, -0.1) is 0 Å². The molecule has 27 heavy (non-hydrogen) atoms. The third-order valence-electron chi connectivity index (χ3n) is 4.82. The van der Waals surface area contributed by atoms with Crippen molar-refractivity contribution in [3.05, 3.63) is 11.8 Å². The Balaban J connectivity index is 1.60. The van der Waals surface area contributed by atoms with Gasteiger partial charge in [-0.05, 0) is 19.9 Å². The van der Waals surface area contributed by atoms with Crippen molar-refractivity contribution in [1.82, 2.24) is 24.2 Å². The van der Waals surface area contributed by atoms with Crippen LogP contribution in [0.4, 0.5) is 11.8 Å². The molecule has 2 aromatic rings. The summed E-state index contributed by atoms with van der Waals surface area (Å²) in [6.07, 6.45) is 0. The summed E-state index contributed by atoms with van der Waals surface area (Å²) < 4.78 is 25.5. The predicted molar refractivity (Wildman–Crippen MR) is 109 cm³/mol. The molecule has 0 bridgehead atoms. The Hall–Kier alpha value is -1.91. The number of anilines is 2. The van der Waals surface area contributed by atoms with E-state index in [1.165, 1.54) is 0 Å². The monoisotopic (exact) mass is 395 g/mol. The van der Waals surface area contributed by atoms with Gasteiger partial charge in [0, 0.05) is 59.1 Å². The first-order valence-electron chi connectivity index (χ1n) is 9.29. The standard InChI is InChI=1S/C17H29N7O2S/c1-5-27(25,26)24-10-8-23(9-11-24)7-6-18-15-14-12-13(2)19-16(14)21-17(20-15)22(3)4/h12H,5-11H2,1-4H3,(H2,18,19,20,21). The van der Waals surface area contributed by atoms with E-state index in [0.717, 1.165) is 48.7 Å². The zero-order valence-electron chi connectivity index (χ0n) is 16.5. The average Bonchev–Trinajstić information content (AvgIpc) is 3.02. The third kappa shape index (κ3) is 4.50. The average molecular weight is 396 g/mol. The maximum atomic E-state index is 11.9. The van der Waals surface area contributed by atoms with E-state index in [0.29, 0.717) is 19.0 Å². The van der Waals surface area contributed by atoms with Crippen molar-refractivity contribution in [2.45, 2.75) is 13.8 Å². The van der Waals surface area contributed by atoms with Crippen molar-refractivity contribution in [3.63, 3.8) is 0 Å². The van der Waals surface area contributed by atoms with Crippen LogP contribution in [0.3, 0.4) is 0 Å². The van der Waals surface area contributed by atoms with Crippen molar-refractivity contribution in [2.24, 2.45) is 0 Å². The number of rotatable bonds is 7. The van der Waals surface area contributed by atoms with Crippen LogP contribution in [0.2, 0.25) is 0 Å². The smallest absolute Gasteiger partial charge is 0.228 e. The van der Waals surface area contributed by atoms with Gasteiger partial charge >= 0.3 is 0 Å². The first-order chi connectivity index (χ1) is 12.8. The minimum Gasteiger partial charge on any atom is -0.368 e. The van der Waals surface area contributed by atoms with E-state index in [2.05, 4.69) is 25.2 Å². The molecule has 0 atom stereocenters. The van der Waals surface area contributed by atoms with E-state index in [1.807, 2.05) is 32.0 Å². The van der Waals surface area contributed by atoms with Crippen molar-refractivity contribution < 1.29 is 8.42 Å². The molecule has 3 rings (SSSR count). The van der Waals surface area contributed by atoms with E-state index < -0.39 is 10.0 Å². The van der Waals surface area contributed by atoms with E-state index in [1.54, 1.807) is 11.2 Å². The third-order valence-corrected chi connectivity index (χ3v) is 6.70. The van der Waals surface area contributed by atoms with Crippen LogP contribution in [-0.4, -0.2) is 91.7 Å². The molecule has 1 fully saturated rings. The van der Waals surface area contributed by atoms with Gasteiger partial charge in [-0.25, -0.2) is 8.42 Å². The van der Waals surface area contributed by atoms with E-state index in [4.69, 9.17) is 0 Å². The number of piperazine rings is 1. The Morgan fingerprint density at radius 1 is 1.22 bits per heavy atom. The Morgan fingerprint density at radius 3 is 2.56 bits per heavy atom. The molecular formula is C17H29N7O2S. The molecule has 0 radical (unpaired) electrons. The number of hydrogen-bond acceptors (Lipinski definition) is 7. The Labute approximate surface area is 160 Å². The lowest BCUT2D eigenvalue weighted by Gasteiger charge is -2.33. The number of nitrogens with zero attached hydrogens (tertiary/aromatic N) is 5. The first kappa shape index (κ1) is 19.8. The molecule has 0 aliphatic carbocycles. The van der Waals surface area contributed by atoms with E-state index >= 15 is 0 Å². The van der Waals surface area contributed by atoms with Crippen LogP contribution in [-0.2, 0) is 10.0 Å². The van der Waals surface area contributed by atoms with Crippen molar-refractivity contribution in [3.8, 4) is 0 Å². The highest BCUT2D eigenvalue weighted by Crippen LogP contribution is 2.23. The molecule has 0 unspecified atom stereocenters. The van der Waals surface area contributed by atoms with E-state index in [9.17, 15) is 8.42 Å². The second kappa shape index (κ2) is 7.99. The molecular weight excluding hydrogens is 366 g/mol. The van der Waals surface area contributed by atoms with Crippen LogP contribution >= 0.6 is 0 Å². The number of hydrogen-bond donors (Lipinski definition) is 2. The maximum Gasteiger partial charge on any atom is 0.228 e. The molecule has 0 aromatic carbocycles. The van der Waals surface area contributed by atoms with Gasteiger partial charge in [-0.3, -0.25) is 4.90 Å². The number of aromatic amines is 1. The molecule has 1 aliphatic rings. The minimum absolute atomic E-state index is 0.169. The Bertz CT molecular complexity index is 886. The number of H-pyrrole nitrogens is 1. The van der Waals surface area contributed by atoms with Gasteiger partial charge in [0.25, 0.3) is 0 Å². The van der Waals surface area contributed by atoms with Crippen molar-refractivity contribution >= 4 is 32.8 Å². The van der Waals surface area contributed by atoms with Crippen LogP contribution in [0.1, 0.15) is 12.6 Å². The minimum atomic E-state index is -3.08. The molecule has 0 amide bonds. The van der Waals surface area contributed by atoms with Gasteiger partial charge in [0.1, 0.15) is 11.5 Å². The summed E-state index contributed by atoms with van der Waals surface area (Å²) in [5, 5.41) is 4.41. The predicted octanol–water partition coefficient (Wildman–Crippen LogP) is 0.712. The summed E-state index contributed by atoms with van der Waals surface area (Å²) in [5.74, 6) is 1.65. The fraction of sp³-hybridized carbons (Fsp3) is 0.647. The molecule has 1 saturated heterocycles. The molecule has 9 nitrogen and oxygen atoms in total. The van der Waals surface area contributed by atoms with Gasteiger partial charge in [-0.1, -0.05) is 0 Å². The number of fused-ring (bicyclic) bond motifs is 1. The fourth-order valence-electron chi connectivity index (χ4n) is 3.21. The zero-order valence-corrected chi connectivity index (χ0v) is 17.3. The summed E-state index contributed by atoms with van der Waals surface area (Å²) in [4.78, 5) is 16.6. The normalized spacial score (nSPS) is 16.7. The van der Waals surface area contributed by atoms with E-state index in [-0.39, 0.29) is 5.75 Å². The summed E-state index contributed by atoms with van der Waals surface area (Å²) in [5.41, 5.74) is 1.87. The highest BCUT2D eigenvalue weighted by atomic mass is 32.2. The van der Waals surface area contributed by atoms with Gasteiger partial charge in [-0.2, -0.15) is 14.3 Å². The van der Waals surface area contributed by atoms with Gasteiger partial charge in [0.15, 0.2) is 0 Å². The molecule has 3 heterocycles. The van der Waals surface area contributed by atoms with Gasteiger partial charge in [0.2, 0.25) is 16.0 Å². The summed E-state index contributed by atoms with van der Waals surface area (Å²) in [6, 6.07) is 2.05. The Morgan fingerprint density at radius 2 is 1.93 bits per heavy atom. The number of sulfonamides is 1. The number of nitrogens with one attached hydrogen (secondary N) is 2. The number of aryl methyl sites for hydroxylation is 1. The quantitative estimate of drug-likeness (QED) is 0.713. The van der Waals surface area contributed by atoms with Crippen molar-refractivity contribution in [1.29, 1.82) is 0 Å². The molecule has 0 spiro atoms. The van der Waals surface area contributed by atoms with Crippen LogP contribution in [0.15, 0.2) is 6.07 Å². The summed E-state index contributed by atoms with van der Waals surface area (Å²) >= 11 is 0. The van der Waals surface area contributed by atoms with Gasteiger partial charge < -0.3 is 15.2 Å². The zero-order chi connectivity index (χ0) is 19.6. The number of aromatic nitrogens is 3. The molecule has 2 N–H and O–H groups in total. The van der Waals surface area contributed by atoms with Gasteiger partial charge in [0.05, 0.1) is 11.1 Å². The molecule has 150 valence electrons. The topological polar surface area (TPSA) is 97.5 Å². The summed E-state index contributed by atoms with van der Waals surface area (Å²) in [7, 11) is 0.765. The Kier molecular flexibility index (Phi) is 5.87. The van der Waals surface area contributed by atoms with Crippen LogP contribution < -0.4 is 10.2 Å². The molecule has 0 saturated carbocycles. The lowest BCUT2D eigenvalue weighted by atomic mass is 10.3. The second-order valence-corrected chi connectivity index (χ2v) is 9.31. The fourth-order valence-corrected chi connectivity index (χ4v) is 4.29. The first-order valence-corrected chi connectivity index (χ1v) is 10.9. The largest absolute Gasteiger partial charge is 0.368 e. The molecule has 2 aromatic heterocycles. The van der Waals surface area contributed by atoms with Crippen LogP contribution in [0, 0.1) is 6.92 Å².